The molecule has 0 aliphatic heterocycles. The number of carbonyl (C=O) groups excluding carboxylic acids is 4. The first-order chi connectivity index (χ1) is 45.0. The van der Waals surface area contributed by atoms with Crippen molar-refractivity contribution in [2.75, 3.05) is 66.1 Å². The van der Waals surface area contributed by atoms with E-state index in [1.54, 1.807) is 97.1 Å². The Hall–Kier alpha value is -9.28. The van der Waals surface area contributed by atoms with E-state index in [0.29, 0.717) is 118 Å². The molecule has 6 rings (SSSR count). The molecule has 6 aromatic carbocycles. The van der Waals surface area contributed by atoms with Crippen molar-refractivity contribution < 1.29 is 96.2 Å². The number of unbranched alkanes of at least 4 members (excludes halogenated alkanes) is 6. The van der Waals surface area contributed by atoms with Crippen LogP contribution in [0.2, 0.25) is 0 Å². The van der Waals surface area contributed by atoms with Crippen LogP contribution in [0.1, 0.15) is 107 Å². The highest BCUT2D eigenvalue weighted by atomic mass is 17.2. The molecule has 0 bridgehead atoms. The highest BCUT2D eigenvalue weighted by Gasteiger charge is 2.14. The maximum Gasteiger partial charge on any atom is 0.343 e. The number of carbonyl (C=O) groups is 4. The fourth-order valence-corrected chi connectivity index (χ4v) is 7.83. The van der Waals surface area contributed by atoms with E-state index in [0.717, 1.165) is 97.3 Å². The Kier molecular flexibility index (Phi) is 36.0. The molecular formula is C72H84O20. The molecule has 6 aromatic rings. The molecule has 92 heavy (non-hydrogen) atoms. The number of esters is 4. The number of aryl methyl sites for hydroxylation is 2. The SMILES string of the molecule is C=CCOOCCCCCCOc1ccc(COOc2ccc(OC(=O)c3ccc(OCCCCCCOC(=O)C=C)cc3)cc2C)cc1.C=CCOOCCCOc1ccc(COOc2ccc(OC(=O)c3ccc(OCCCOC(=O)C=C)cc3)cc2C)cc1. The molecule has 0 aromatic heterocycles. The summed E-state index contributed by atoms with van der Waals surface area (Å²) in [7, 11) is 0. The minimum Gasteiger partial charge on any atom is -0.494 e. The molecule has 0 radical (unpaired) electrons. The van der Waals surface area contributed by atoms with E-state index >= 15 is 0 Å². The van der Waals surface area contributed by atoms with Gasteiger partial charge in [-0.1, -0.05) is 56.0 Å². The lowest BCUT2D eigenvalue weighted by molar-refractivity contribution is -0.287. The van der Waals surface area contributed by atoms with Crippen molar-refractivity contribution in [3.8, 4) is 46.0 Å². The molecular weight excluding hydrogens is 1180 g/mol. The fraction of sp³-hybridized carbons (Fsp3) is 0.333. The Morgan fingerprint density at radius 3 is 1.05 bits per heavy atom. The molecule has 0 heterocycles. The molecule has 0 amide bonds. The molecule has 20 nitrogen and oxygen atoms in total. The van der Waals surface area contributed by atoms with Gasteiger partial charge in [0.05, 0.1) is 64.0 Å². The fourth-order valence-electron chi connectivity index (χ4n) is 7.83. The van der Waals surface area contributed by atoms with E-state index < -0.39 is 23.9 Å². The van der Waals surface area contributed by atoms with Crippen LogP contribution in [-0.2, 0) is 61.6 Å². The summed E-state index contributed by atoms with van der Waals surface area (Å²) in [5.74, 6) is 2.74. The van der Waals surface area contributed by atoms with Crippen LogP contribution in [0.25, 0.3) is 0 Å². The van der Waals surface area contributed by atoms with E-state index in [-0.39, 0.29) is 19.8 Å². The van der Waals surface area contributed by atoms with Gasteiger partial charge < -0.3 is 47.7 Å². The molecule has 0 spiro atoms. The van der Waals surface area contributed by atoms with Gasteiger partial charge >= 0.3 is 23.9 Å². The summed E-state index contributed by atoms with van der Waals surface area (Å²) in [6.45, 7) is 22.4. The number of rotatable bonds is 46. The molecule has 0 N–H and O–H groups in total. The van der Waals surface area contributed by atoms with Gasteiger partial charge in [-0.25, -0.2) is 38.7 Å². The second kappa shape index (κ2) is 45.0. The van der Waals surface area contributed by atoms with Crippen LogP contribution in [-0.4, -0.2) is 89.9 Å². The average molecular weight is 1270 g/mol. The van der Waals surface area contributed by atoms with Crippen LogP contribution in [0.4, 0.5) is 0 Å². The van der Waals surface area contributed by atoms with Crippen LogP contribution < -0.4 is 38.2 Å². The minimum atomic E-state index is -0.509. The predicted octanol–water partition coefficient (Wildman–Crippen LogP) is 14.6. The van der Waals surface area contributed by atoms with Crippen molar-refractivity contribution in [2.24, 2.45) is 0 Å². The van der Waals surface area contributed by atoms with E-state index in [9.17, 15) is 19.2 Å². The largest absolute Gasteiger partial charge is 0.494 e. The van der Waals surface area contributed by atoms with Gasteiger partial charge in [0.25, 0.3) is 0 Å². The van der Waals surface area contributed by atoms with Gasteiger partial charge in [0.1, 0.15) is 60.9 Å². The van der Waals surface area contributed by atoms with Gasteiger partial charge in [0.15, 0.2) is 11.5 Å². The number of hydrogen-bond donors (Lipinski definition) is 0. The Labute approximate surface area is 538 Å². The molecule has 0 atom stereocenters. The monoisotopic (exact) mass is 1270 g/mol. The lowest BCUT2D eigenvalue weighted by Crippen LogP contribution is -2.09. The summed E-state index contributed by atoms with van der Waals surface area (Å²) in [6.07, 6.45) is 14.4. The zero-order chi connectivity index (χ0) is 65.6. The van der Waals surface area contributed by atoms with Gasteiger partial charge in [-0.2, -0.15) is 9.78 Å². The topological polar surface area (TPSA) is 216 Å². The number of benzene rings is 6. The molecule has 0 aliphatic carbocycles. The smallest absolute Gasteiger partial charge is 0.343 e. The number of ether oxygens (including phenoxy) is 8. The van der Waals surface area contributed by atoms with Crippen LogP contribution >= 0.6 is 0 Å². The summed E-state index contributed by atoms with van der Waals surface area (Å²) < 4.78 is 43.8. The lowest BCUT2D eigenvalue weighted by atomic mass is 10.2. The highest BCUT2D eigenvalue weighted by Crippen LogP contribution is 2.27. The second-order valence-electron chi connectivity index (χ2n) is 20.1. The molecule has 0 fully saturated rings. The van der Waals surface area contributed by atoms with E-state index in [1.165, 1.54) is 0 Å². The summed E-state index contributed by atoms with van der Waals surface area (Å²) in [5, 5.41) is 0. The van der Waals surface area contributed by atoms with E-state index in [2.05, 4.69) is 26.3 Å². The van der Waals surface area contributed by atoms with Gasteiger partial charge in [0, 0.05) is 25.0 Å². The van der Waals surface area contributed by atoms with Crippen molar-refractivity contribution in [2.45, 2.75) is 91.3 Å². The van der Waals surface area contributed by atoms with Gasteiger partial charge in [-0.3, -0.25) is 0 Å². The zero-order valence-corrected chi connectivity index (χ0v) is 52.6. The standard InChI is InChI=1S/C39H48O10.C33H36O10/c1-4-24-45-46-28-13-9-8-11-25-42-34-18-14-32(15-19-34)30-47-49-37-23-22-36(29-31(37)3)48-39(41)33-16-20-35(21-17-33)43-26-10-6-7-12-27-44-38(40)5-2;1-4-18-39-40-22-7-20-37-28-12-8-26(9-13-28)24-41-43-31-17-16-30(23-25(31)3)42-33(35)27-10-14-29(15-11-27)36-19-6-21-38-32(34)5-2/h4-5,14-23,29H,1-2,6-13,24-28,30H2,3H3;4-5,8-17,23H,1-2,6-7,18-22,24H2,3H3. The Morgan fingerprint density at radius 2 is 0.674 bits per heavy atom. The van der Waals surface area contributed by atoms with Crippen molar-refractivity contribution in [1.29, 1.82) is 0 Å². The minimum absolute atomic E-state index is 0.230. The van der Waals surface area contributed by atoms with Crippen molar-refractivity contribution in [3.05, 3.63) is 217 Å². The number of hydrogen-bond acceptors (Lipinski definition) is 20. The van der Waals surface area contributed by atoms with Crippen LogP contribution in [0.3, 0.4) is 0 Å². The van der Waals surface area contributed by atoms with E-state index in [1.807, 2.05) is 62.4 Å². The van der Waals surface area contributed by atoms with Crippen molar-refractivity contribution >= 4 is 23.9 Å². The second-order valence-corrected chi connectivity index (χ2v) is 20.1. The third-order valence-corrected chi connectivity index (χ3v) is 12.7. The molecule has 0 unspecified atom stereocenters. The first kappa shape index (κ1) is 73.5. The Morgan fingerprint density at radius 1 is 0.348 bits per heavy atom. The van der Waals surface area contributed by atoms with Gasteiger partial charge in [-0.05, 0) is 190 Å². The van der Waals surface area contributed by atoms with Crippen LogP contribution in [0.5, 0.6) is 46.0 Å². The average Bonchev–Trinajstić information content (AvgIpc) is 2.47. The summed E-state index contributed by atoms with van der Waals surface area (Å²) in [4.78, 5) is 88.9. The Bertz CT molecular complexity index is 3130. The third kappa shape index (κ3) is 31.0. The van der Waals surface area contributed by atoms with Crippen molar-refractivity contribution in [1.82, 2.24) is 0 Å². The van der Waals surface area contributed by atoms with Gasteiger partial charge in [-0.15, -0.1) is 13.2 Å². The first-order valence-corrected chi connectivity index (χ1v) is 30.4. The first-order valence-electron chi connectivity index (χ1n) is 30.4. The normalized spacial score (nSPS) is 10.5. The van der Waals surface area contributed by atoms with Crippen LogP contribution in [0, 0.1) is 13.8 Å². The zero-order valence-electron chi connectivity index (χ0n) is 52.6. The highest BCUT2D eigenvalue weighted by molar-refractivity contribution is 5.92. The van der Waals surface area contributed by atoms with Crippen LogP contribution in [0.15, 0.2) is 184 Å². The summed E-state index contributed by atoms with van der Waals surface area (Å²) >= 11 is 0. The molecule has 0 saturated carbocycles. The van der Waals surface area contributed by atoms with E-state index in [4.69, 9.17) is 77.0 Å². The molecule has 0 saturated heterocycles. The maximum absolute atomic E-state index is 12.7. The lowest BCUT2D eigenvalue weighted by Gasteiger charge is -2.11. The molecule has 20 heteroatoms. The summed E-state index contributed by atoms with van der Waals surface area (Å²) in [5.41, 5.74) is 4.10. The summed E-state index contributed by atoms with van der Waals surface area (Å²) in [6, 6.07) is 38.7. The predicted molar refractivity (Wildman–Crippen MR) is 344 cm³/mol. The quantitative estimate of drug-likeness (QED) is 0.00660. The molecule has 0 aliphatic rings. The third-order valence-electron chi connectivity index (χ3n) is 12.7. The van der Waals surface area contributed by atoms with Crippen molar-refractivity contribution in [3.63, 3.8) is 0 Å². The Balaban J connectivity index is 0.000000337. The molecule has 492 valence electrons. The maximum atomic E-state index is 12.7. The van der Waals surface area contributed by atoms with Gasteiger partial charge in [0.2, 0.25) is 0 Å².